The molecule has 0 unspecified atom stereocenters. The van der Waals surface area contributed by atoms with Crippen molar-refractivity contribution >= 4 is 11.8 Å². The number of hydrogen-bond acceptors (Lipinski definition) is 3. The van der Waals surface area contributed by atoms with E-state index in [9.17, 15) is 14.9 Å². The molecule has 1 saturated heterocycles. The highest BCUT2D eigenvalue weighted by Crippen LogP contribution is 2.46. The number of rotatable bonds is 1. The Balaban J connectivity index is 1.96. The van der Waals surface area contributed by atoms with Crippen LogP contribution in [-0.4, -0.2) is 47.8 Å². The van der Waals surface area contributed by atoms with E-state index in [0.717, 1.165) is 0 Å². The summed E-state index contributed by atoms with van der Waals surface area (Å²) in [5.41, 5.74) is -0.780. The molecule has 2 aliphatic rings. The number of nitriles is 1. The van der Waals surface area contributed by atoms with E-state index in [0.29, 0.717) is 44.9 Å². The fraction of sp³-hybridized carbons (Fsp3) is 0.769. The van der Waals surface area contributed by atoms with Crippen LogP contribution < -0.4 is 0 Å². The van der Waals surface area contributed by atoms with Crippen molar-refractivity contribution in [2.24, 2.45) is 11.3 Å². The van der Waals surface area contributed by atoms with Gasteiger partial charge in [-0.25, -0.2) is 0 Å². The fourth-order valence-corrected chi connectivity index (χ4v) is 2.97. The van der Waals surface area contributed by atoms with E-state index >= 15 is 0 Å². The van der Waals surface area contributed by atoms with E-state index in [1.807, 2.05) is 0 Å². The monoisotopic (exact) mass is 249 g/mol. The van der Waals surface area contributed by atoms with Gasteiger partial charge < -0.3 is 9.80 Å². The summed E-state index contributed by atoms with van der Waals surface area (Å²) in [5.74, 6) is 0.479. The number of amides is 2. The smallest absolute Gasteiger partial charge is 0.243 e. The largest absolute Gasteiger partial charge is 0.339 e. The lowest BCUT2D eigenvalue weighted by molar-refractivity contribution is -0.149. The van der Waals surface area contributed by atoms with Gasteiger partial charge in [0.1, 0.15) is 5.41 Å². The second-order valence-corrected chi connectivity index (χ2v) is 5.51. The molecule has 0 atom stereocenters. The van der Waals surface area contributed by atoms with Gasteiger partial charge in [-0.2, -0.15) is 5.26 Å². The van der Waals surface area contributed by atoms with E-state index in [1.54, 1.807) is 16.7 Å². The van der Waals surface area contributed by atoms with Crippen molar-refractivity contribution < 1.29 is 9.59 Å². The molecule has 1 aliphatic carbocycles. The summed E-state index contributed by atoms with van der Waals surface area (Å²) in [6.07, 6.45) is 1.35. The van der Waals surface area contributed by atoms with Crippen LogP contribution in [0.3, 0.4) is 0 Å². The summed E-state index contributed by atoms with van der Waals surface area (Å²) in [6, 6.07) is 2.20. The van der Waals surface area contributed by atoms with E-state index in [2.05, 4.69) is 13.0 Å². The third-order valence-corrected chi connectivity index (χ3v) is 4.03. The highest BCUT2D eigenvalue weighted by atomic mass is 16.2. The number of carbonyl (C=O) groups excluding carboxylic acids is 2. The second kappa shape index (κ2) is 4.60. The Morgan fingerprint density at radius 2 is 1.67 bits per heavy atom. The molecular weight excluding hydrogens is 230 g/mol. The predicted molar refractivity (Wildman–Crippen MR) is 65.3 cm³/mol. The molecular formula is C13H19N3O2. The van der Waals surface area contributed by atoms with Gasteiger partial charge in [0.05, 0.1) is 6.07 Å². The maximum absolute atomic E-state index is 12.4. The topological polar surface area (TPSA) is 64.4 Å². The Labute approximate surface area is 107 Å². The van der Waals surface area contributed by atoms with Crippen molar-refractivity contribution in [1.29, 1.82) is 5.26 Å². The van der Waals surface area contributed by atoms with Crippen LogP contribution in [0.25, 0.3) is 0 Å². The minimum Gasteiger partial charge on any atom is -0.339 e. The third kappa shape index (κ3) is 2.07. The van der Waals surface area contributed by atoms with Crippen molar-refractivity contribution in [3.63, 3.8) is 0 Å². The lowest BCUT2D eigenvalue weighted by Crippen LogP contribution is -2.56. The molecule has 0 aromatic carbocycles. The van der Waals surface area contributed by atoms with Crippen LogP contribution >= 0.6 is 0 Å². The maximum Gasteiger partial charge on any atom is 0.243 e. The Bertz CT molecular complexity index is 399. The summed E-state index contributed by atoms with van der Waals surface area (Å²) in [4.78, 5) is 27.1. The zero-order valence-electron chi connectivity index (χ0n) is 11.0. The van der Waals surface area contributed by atoms with Crippen molar-refractivity contribution in [3.05, 3.63) is 0 Å². The van der Waals surface area contributed by atoms with Gasteiger partial charge >= 0.3 is 0 Å². The third-order valence-electron chi connectivity index (χ3n) is 4.03. The zero-order valence-corrected chi connectivity index (χ0v) is 11.0. The Hall–Kier alpha value is -1.57. The van der Waals surface area contributed by atoms with Crippen molar-refractivity contribution in [2.75, 3.05) is 26.2 Å². The summed E-state index contributed by atoms with van der Waals surface area (Å²) in [5, 5.41) is 9.23. The Morgan fingerprint density at radius 3 is 2.06 bits per heavy atom. The van der Waals surface area contributed by atoms with E-state index in [1.165, 1.54) is 0 Å². The van der Waals surface area contributed by atoms with E-state index in [-0.39, 0.29) is 11.8 Å². The molecule has 0 bridgehead atoms. The molecule has 1 aliphatic heterocycles. The summed E-state index contributed by atoms with van der Waals surface area (Å²) in [6.45, 7) is 5.88. The molecule has 2 fully saturated rings. The molecule has 0 N–H and O–H groups in total. The average molecular weight is 249 g/mol. The molecule has 0 spiro atoms. The van der Waals surface area contributed by atoms with Gasteiger partial charge in [-0.05, 0) is 18.8 Å². The second-order valence-electron chi connectivity index (χ2n) is 5.51. The van der Waals surface area contributed by atoms with Crippen molar-refractivity contribution in [1.82, 2.24) is 9.80 Å². The highest BCUT2D eigenvalue weighted by Gasteiger charge is 2.50. The predicted octanol–water partition coefficient (Wildman–Crippen LogP) is 0.617. The minimum atomic E-state index is -0.780. The molecule has 98 valence electrons. The molecule has 2 amide bonds. The Morgan fingerprint density at radius 1 is 1.17 bits per heavy atom. The lowest BCUT2D eigenvalue weighted by atomic mass is 9.62. The van der Waals surface area contributed by atoms with Crippen molar-refractivity contribution in [3.8, 4) is 6.07 Å². The first-order chi connectivity index (χ1) is 8.48. The maximum atomic E-state index is 12.4. The van der Waals surface area contributed by atoms with Gasteiger partial charge in [0.25, 0.3) is 0 Å². The van der Waals surface area contributed by atoms with Gasteiger partial charge in [0.2, 0.25) is 11.8 Å². The van der Waals surface area contributed by atoms with Crippen LogP contribution in [0, 0.1) is 22.7 Å². The number of hydrogen-bond donors (Lipinski definition) is 0. The number of nitrogens with zero attached hydrogens (tertiary/aromatic N) is 3. The Kier molecular flexibility index (Phi) is 3.29. The molecule has 0 aromatic heterocycles. The van der Waals surface area contributed by atoms with Gasteiger partial charge in [0.15, 0.2) is 0 Å². The minimum absolute atomic E-state index is 0.0358. The molecule has 5 heteroatoms. The molecule has 0 aromatic rings. The first-order valence-corrected chi connectivity index (χ1v) is 6.44. The van der Waals surface area contributed by atoms with Crippen LogP contribution in [0.15, 0.2) is 0 Å². The van der Waals surface area contributed by atoms with Crippen LogP contribution in [0.4, 0.5) is 0 Å². The van der Waals surface area contributed by atoms with Gasteiger partial charge in [-0.15, -0.1) is 0 Å². The molecule has 5 nitrogen and oxygen atoms in total. The quantitative estimate of drug-likeness (QED) is 0.684. The number of piperazine rings is 1. The highest BCUT2D eigenvalue weighted by molar-refractivity contribution is 5.87. The molecule has 1 saturated carbocycles. The first-order valence-electron chi connectivity index (χ1n) is 6.44. The van der Waals surface area contributed by atoms with Crippen LogP contribution in [0.2, 0.25) is 0 Å². The van der Waals surface area contributed by atoms with Gasteiger partial charge in [0, 0.05) is 33.1 Å². The molecule has 18 heavy (non-hydrogen) atoms. The van der Waals surface area contributed by atoms with Gasteiger partial charge in [-0.3, -0.25) is 9.59 Å². The summed E-state index contributed by atoms with van der Waals surface area (Å²) < 4.78 is 0. The standard InChI is InChI=1S/C13H19N3O2/c1-10-7-13(8-10,9-14)12(18)16-5-3-15(4-6-16)11(2)17/h10H,3-8H2,1-2H3. The summed E-state index contributed by atoms with van der Waals surface area (Å²) in [7, 11) is 0. The van der Waals surface area contributed by atoms with Crippen LogP contribution in [0.1, 0.15) is 26.7 Å². The van der Waals surface area contributed by atoms with Gasteiger partial charge in [-0.1, -0.05) is 6.92 Å². The number of carbonyl (C=O) groups is 2. The summed E-state index contributed by atoms with van der Waals surface area (Å²) >= 11 is 0. The SMILES string of the molecule is CC(=O)N1CCN(C(=O)C2(C#N)CC(C)C2)CC1. The average Bonchev–Trinajstić information content (AvgIpc) is 2.34. The van der Waals surface area contributed by atoms with E-state index < -0.39 is 5.41 Å². The van der Waals surface area contributed by atoms with Crippen LogP contribution in [0.5, 0.6) is 0 Å². The fourth-order valence-electron chi connectivity index (χ4n) is 2.97. The lowest BCUT2D eigenvalue weighted by Gasteiger charge is -2.44. The molecule has 0 radical (unpaired) electrons. The molecule has 2 rings (SSSR count). The first kappa shape index (κ1) is 12.9. The molecule has 1 heterocycles. The normalized spacial score (nSPS) is 31.5. The van der Waals surface area contributed by atoms with Crippen LogP contribution in [-0.2, 0) is 9.59 Å². The van der Waals surface area contributed by atoms with Crippen molar-refractivity contribution in [2.45, 2.75) is 26.7 Å². The van der Waals surface area contributed by atoms with E-state index in [4.69, 9.17) is 0 Å². The zero-order chi connectivity index (χ0) is 13.3.